The van der Waals surface area contributed by atoms with Crippen molar-refractivity contribution in [3.8, 4) is 0 Å². The van der Waals surface area contributed by atoms with Crippen LogP contribution in [-0.2, 0) is 4.79 Å². The van der Waals surface area contributed by atoms with Crippen molar-refractivity contribution in [2.45, 2.75) is 64.8 Å². The SMILES string of the molecule is CCCCN1CCCCC1CNC(=NCC(=O)N1CCCC1)NCC.I. The third-order valence-corrected chi connectivity index (χ3v) is 5.23. The van der Waals surface area contributed by atoms with Crippen LogP contribution in [-0.4, -0.2) is 73.5 Å². The van der Waals surface area contributed by atoms with E-state index in [1.165, 1.54) is 45.2 Å². The molecule has 6 nitrogen and oxygen atoms in total. The van der Waals surface area contributed by atoms with Crippen molar-refractivity contribution in [1.82, 2.24) is 20.4 Å². The van der Waals surface area contributed by atoms with E-state index in [9.17, 15) is 4.79 Å². The summed E-state index contributed by atoms with van der Waals surface area (Å²) in [5.74, 6) is 0.924. The lowest BCUT2D eigenvalue weighted by molar-refractivity contribution is -0.128. The average molecular weight is 479 g/mol. The van der Waals surface area contributed by atoms with Gasteiger partial charge < -0.3 is 15.5 Å². The van der Waals surface area contributed by atoms with Crippen LogP contribution in [0.5, 0.6) is 0 Å². The first-order valence-corrected chi connectivity index (χ1v) is 10.3. The predicted molar refractivity (Wildman–Crippen MR) is 119 cm³/mol. The smallest absolute Gasteiger partial charge is 0.244 e. The fourth-order valence-corrected chi connectivity index (χ4v) is 3.72. The molecular formula is C19H38IN5O. The number of likely N-dealkylation sites (tertiary alicyclic amines) is 2. The number of hydrogen-bond acceptors (Lipinski definition) is 3. The van der Waals surface area contributed by atoms with Crippen molar-refractivity contribution in [3.63, 3.8) is 0 Å². The van der Waals surface area contributed by atoms with Crippen LogP contribution in [0.4, 0.5) is 0 Å². The zero-order valence-electron chi connectivity index (χ0n) is 16.6. The molecule has 2 fully saturated rings. The number of aliphatic imine (C=N–C) groups is 1. The van der Waals surface area contributed by atoms with Gasteiger partial charge in [-0.25, -0.2) is 4.99 Å². The zero-order valence-corrected chi connectivity index (χ0v) is 19.0. The fourth-order valence-electron chi connectivity index (χ4n) is 3.72. The maximum absolute atomic E-state index is 12.2. The Bertz CT molecular complexity index is 426. The first-order chi connectivity index (χ1) is 12.2. The van der Waals surface area contributed by atoms with Gasteiger partial charge in [-0.1, -0.05) is 19.8 Å². The number of carbonyl (C=O) groups is 1. The van der Waals surface area contributed by atoms with Gasteiger partial charge in [0.2, 0.25) is 5.91 Å². The van der Waals surface area contributed by atoms with Gasteiger partial charge >= 0.3 is 0 Å². The molecule has 2 rings (SSSR count). The second kappa shape index (κ2) is 13.6. The molecule has 0 radical (unpaired) electrons. The highest BCUT2D eigenvalue weighted by molar-refractivity contribution is 14.0. The number of carbonyl (C=O) groups excluding carboxylic acids is 1. The number of nitrogens with zero attached hydrogens (tertiary/aromatic N) is 3. The molecule has 7 heteroatoms. The van der Waals surface area contributed by atoms with E-state index in [4.69, 9.17) is 0 Å². The molecule has 0 spiro atoms. The van der Waals surface area contributed by atoms with Gasteiger partial charge in [0.05, 0.1) is 0 Å². The van der Waals surface area contributed by atoms with E-state index in [0.29, 0.717) is 6.04 Å². The lowest BCUT2D eigenvalue weighted by atomic mass is 10.0. The number of piperidine rings is 1. The van der Waals surface area contributed by atoms with E-state index in [2.05, 4.69) is 34.4 Å². The molecule has 1 amide bonds. The molecule has 0 bridgehead atoms. The van der Waals surface area contributed by atoms with E-state index in [-0.39, 0.29) is 36.4 Å². The number of amides is 1. The van der Waals surface area contributed by atoms with E-state index < -0.39 is 0 Å². The standard InChI is InChI=1S/C19H37N5O.HI/c1-3-5-11-23-12-7-6-10-17(23)15-21-19(20-4-2)22-16-18(25)24-13-8-9-14-24;/h17H,3-16H2,1-2H3,(H2,20,21,22);1H. The quantitative estimate of drug-likeness (QED) is 0.319. The van der Waals surface area contributed by atoms with Crippen LogP contribution in [0.1, 0.15) is 58.8 Å². The van der Waals surface area contributed by atoms with Crippen molar-refractivity contribution in [2.75, 3.05) is 45.8 Å². The Hall–Kier alpha value is -0.570. The molecule has 152 valence electrons. The average Bonchev–Trinajstić information content (AvgIpc) is 3.17. The lowest BCUT2D eigenvalue weighted by Gasteiger charge is -2.36. The minimum absolute atomic E-state index is 0. The van der Waals surface area contributed by atoms with Crippen LogP contribution in [0, 0.1) is 0 Å². The highest BCUT2D eigenvalue weighted by Crippen LogP contribution is 2.17. The summed E-state index contributed by atoms with van der Waals surface area (Å²) in [6.45, 7) is 10.5. The molecule has 0 aliphatic carbocycles. The summed E-state index contributed by atoms with van der Waals surface area (Å²) in [6.07, 6.45) is 8.66. The number of rotatable bonds is 8. The Balaban J connectivity index is 0.00000338. The Kier molecular flexibility index (Phi) is 12.3. The summed E-state index contributed by atoms with van der Waals surface area (Å²) in [6, 6.07) is 0.582. The van der Waals surface area contributed by atoms with Crippen molar-refractivity contribution < 1.29 is 4.79 Å². The van der Waals surface area contributed by atoms with Gasteiger partial charge in [-0.15, -0.1) is 24.0 Å². The molecule has 1 unspecified atom stereocenters. The number of guanidine groups is 1. The van der Waals surface area contributed by atoms with Crippen LogP contribution in [0.15, 0.2) is 4.99 Å². The van der Waals surface area contributed by atoms with E-state index in [1.54, 1.807) is 0 Å². The van der Waals surface area contributed by atoms with Gasteiger partial charge in [0, 0.05) is 32.2 Å². The lowest BCUT2D eigenvalue weighted by Crippen LogP contribution is -2.49. The Morgan fingerprint density at radius 2 is 1.81 bits per heavy atom. The van der Waals surface area contributed by atoms with E-state index >= 15 is 0 Å². The fraction of sp³-hybridized carbons (Fsp3) is 0.895. The normalized spacial score (nSPS) is 21.4. The summed E-state index contributed by atoms with van der Waals surface area (Å²) in [5, 5.41) is 6.74. The van der Waals surface area contributed by atoms with Crippen molar-refractivity contribution in [2.24, 2.45) is 4.99 Å². The Morgan fingerprint density at radius 1 is 1.08 bits per heavy atom. The van der Waals surface area contributed by atoms with Crippen LogP contribution in [0.2, 0.25) is 0 Å². The molecule has 0 aromatic rings. The molecule has 2 N–H and O–H groups in total. The monoisotopic (exact) mass is 479 g/mol. The van der Waals surface area contributed by atoms with Gasteiger partial charge in [-0.05, 0) is 52.1 Å². The van der Waals surface area contributed by atoms with Crippen molar-refractivity contribution >= 4 is 35.8 Å². The summed E-state index contributed by atoms with van der Waals surface area (Å²) in [7, 11) is 0. The molecule has 0 aromatic carbocycles. The second-order valence-electron chi connectivity index (χ2n) is 7.20. The third kappa shape index (κ3) is 7.98. The van der Waals surface area contributed by atoms with Crippen LogP contribution < -0.4 is 10.6 Å². The molecule has 1 atom stereocenters. The zero-order chi connectivity index (χ0) is 17.9. The minimum atomic E-state index is 0. The van der Waals surface area contributed by atoms with Crippen molar-refractivity contribution in [1.29, 1.82) is 0 Å². The van der Waals surface area contributed by atoms with Gasteiger partial charge in [-0.2, -0.15) is 0 Å². The first kappa shape index (κ1) is 23.5. The maximum Gasteiger partial charge on any atom is 0.244 e. The second-order valence-corrected chi connectivity index (χ2v) is 7.20. The molecule has 26 heavy (non-hydrogen) atoms. The highest BCUT2D eigenvalue weighted by Gasteiger charge is 2.22. The predicted octanol–water partition coefficient (Wildman–Crippen LogP) is 2.44. The Morgan fingerprint density at radius 3 is 2.50 bits per heavy atom. The first-order valence-electron chi connectivity index (χ1n) is 10.3. The summed E-state index contributed by atoms with van der Waals surface area (Å²) < 4.78 is 0. The Labute approximate surface area is 176 Å². The number of nitrogens with one attached hydrogen (secondary N) is 2. The molecule has 2 aliphatic rings. The van der Waals surface area contributed by atoms with Gasteiger partial charge in [0.1, 0.15) is 6.54 Å². The number of unbranched alkanes of at least 4 members (excludes halogenated alkanes) is 1. The summed E-state index contributed by atoms with van der Waals surface area (Å²) >= 11 is 0. The summed E-state index contributed by atoms with van der Waals surface area (Å²) in [4.78, 5) is 21.3. The van der Waals surface area contributed by atoms with Gasteiger partial charge in [0.25, 0.3) is 0 Å². The number of halogens is 1. The molecule has 2 heterocycles. The van der Waals surface area contributed by atoms with Gasteiger partial charge in [0.15, 0.2) is 5.96 Å². The summed E-state index contributed by atoms with van der Waals surface area (Å²) in [5.41, 5.74) is 0. The molecule has 0 aromatic heterocycles. The van der Waals surface area contributed by atoms with Gasteiger partial charge in [-0.3, -0.25) is 9.69 Å². The third-order valence-electron chi connectivity index (χ3n) is 5.23. The molecule has 2 aliphatic heterocycles. The van der Waals surface area contributed by atoms with Crippen molar-refractivity contribution in [3.05, 3.63) is 0 Å². The van der Waals surface area contributed by atoms with Crippen LogP contribution in [0.3, 0.4) is 0 Å². The minimum Gasteiger partial charge on any atom is -0.357 e. The highest BCUT2D eigenvalue weighted by atomic mass is 127. The van der Waals surface area contributed by atoms with E-state index in [1.807, 2.05) is 4.90 Å². The topological polar surface area (TPSA) is 60.0 Å². The maximum atomic E-state index is 12.2. The molecule has 2 saturated heterocycles. The largest absolute Gasteiger partial charge is 0.357 e. The van der Waals surface area contributed by atoms with Crippen LogP contribution >= 0.6 is 24.0 Å². The molecule has 0 saturated carbocycles. The van der Waals surface area contributed by atoms with Crippen LogP contribution in [0.25, 0.3) is 0 Å². The van der Waals surface area contributed by atoms with E-state index in [0.717, 1.165) is 45.0 Å². The number of hydrogen-bond donors (Lipinski definition) is 2. The molecular weight excluding hydrogens is 441 g/mol.